The van der Waals surface area contributed by atoms with E-state index in [9.17, 15) is 13.2 Å². The lowest BCUT2D eigenvalue weighted by atomic mass is 10.1. The summed E-state index contributed by atoms with van der Waals surface area (Å²) in [4.78, 5) is 22.7. The molecule has 0 aliphatic rings. The summed E-state index contributed by atoms with van der Waals surface area (Å²) in [5.74, 6) is -0.612. The van der Waals surface area contributed by atoms with Gasteiger partial charge in [0.1, 0.15) is 12.7 Å². The van der Waals surface area contributed by atoms with Crippen LogP contribution in [0.25, 0.3) is 0 Å². The van der Waals surface area contributed by atoms with Gasteiger partial charge in [0, 0.05) is 0 Å². The van der Waals surface area contributed by atoms with Crippen LogP contribution < -0.4 is 4.72 Å². The maximum absolute atomic E-state index is 12.3. The third-order valence-corrected chi connectivity index (χ3v) is 3.88. The quantitative estimate of drug-likeness (QED) is 0.822. The maximum Gasteiger partial charge on any atom is 0.340 e. The molecule has 0 aliphatic carbocycles. The van der Waals surface area contributed by atoms with Gasteiger partial charge in [-0.1, -0.05) is 12.1 Å². The zero-order valence-electron chi connectivity index (χ0n) is 12.0. The van der Waals surface area contributed by atoms with Crippen molar-refractivity contribution in [1.82, 2.24) is 15.0 Å². The van der Waals surface area contributed by atoms with Crippen LogP contribution in [-0.4, -0.2) is 35.9 Å². The number of nitrogens with one attached hydrogen (secondary N) is 1. The molecule has 1 aromatic carbocycles. The number of hydrogen-bond donors (Lipinski definition) is 1. The third-order valence-electron chi connectivity index (χ3n) is 2.71. The van der Waals surface area contributed by atoms with Gasteiger partial charge in [-0.15, -0.1) is 0 Å². The van der Waals surface area contributed by atoms with Gasteiger partial charge in [-0.05, 0) is 25.5 Å². The first kappa shape index (κ1) is 15.8. The van der Waals surface area contributed by atoms with Gasteiger partial charge in [-0.3, -0.25) is 4.72 Å². The molecule has 1 heterocycles. The molecule has 0 saturated carbocycles. The summed E-state index contributed by atoms with van der Waals surface area (Å²) >= 11 is 0. The molecule has 8 nitrogen and oxygen atoms in total. The van der Waals surface area contributed by atoms with Crippen molar-refractivity contribution in [2.45, 2.75) is 19.0 Å². The fourth-order valence-corrected chi connectivity index (χ4v) is 2.73. The molecule has 0 saturated heterocycles. The van der Waals surface area contributed by atoms with Gasteiger partial charge in [0.05, 0.1) is 17.9 Å². The summed E-state index contributed by atoms with van der Waals surface area (Å²) in [5, 5.41) is -0.430. The lowest BCUT2D eigenvalue weighted by molar-refractivity contribution is 0.0527. The Labute approximate surface area is 127 Å². The van der Waals surface area contributed by atoms with Gasteiger partial charge >= 0.3 is 5.97 Å². The highest BCUT2D eigenvalue weighted by molar-refractivity contribution is 7.92. The smallest absolute Gasteiger partial charge is 0.340 e. The van der Waals surface area contributed by atoms with Gasteiger partial charge in [0.15, 0.2) is 0 Å². The topological polar surface area (TPSA) is 111 Å². The molecular weight excluding hydrogens is 308 g/mol. The van der Waals surface area contributed by atoms with E-state index in [4.69, 9.17) is 4.74 Å². The van der Waals surface area contributed by atoms with Gasteiger partial charge < -0.3 is 4.74 Å². The average molecular weight is 322 g/mol. The highest BCUT2D eigenvalue weighted by Crippen LogP contribution is 2.24. The normalized spacial score (nSPS) is 11.0. The van der Waals surface area contributed by atoms with Crippen molar-refractivity contribution in [2.75, 3.05) is 11.3 Å². The lowest BCUT2D eigenvalue weighted by Gasteiger charge is -2.13. The fraction of sp³-hybridized carbons (Fsp3) is 0.231. The molecule has 0 atom stereocenters. The van der Waals surface area contributed by atoms with Crippen LogP contribution in [0.2, 0.25) is 0 Å². The van der Waals surface area contributed by atoms with Gasteiger partial charge in [0.25, 0.3) is 15.2 Å². The Kier molecular flexibility index (Phi) is 4.66. The number of rotatable bonds is 5. The molecule has 0 aliphatic heterocycles. The minimum Gasteiger partial charge on any atom is -0.462 e. The van der Waals surface area contributed by atoms with Crippen LogP contribution in [0.5, 0.6) is 0 Å². The number of anilines is 1. The highest BCUT2D eigenvalue weighted by Gasteiger charge is 2.22. The first-order valence-corrected chi connectivity index (χ1v) is 7.85. The molecule has 116 valence electrons. The number of esters is 1. The maximum atomic E-state index is 12.3. The van der Waals surface area contributed by atoms with Crippen molar-refractivity contribution >= 4 is 21.7 Å². The summed E-state index contributed by atoms with van der Waals surface area (Å²) in [6.45, 7) is 3.53. The van der Waals surface area contributed by atoms with Crippen molar-refractivity contribution < 1.29 is 17.9 Å². The van der Waals surface area contributed by atoms with E-state index in [2.05, 4.69) is 19.7 Å². The van der Waals surface area contributed by atoms with Crippen molar-refractivity contribution in [3.63, 3.8) is 0 Å². The monoisotopic (exact) mass is 322 g/mol. The number of ether oxygens (including phenoxy) is 1. The molecule has 2 aromatic rings. The van der Waals surface area contributed by atoms with Crippen LogP contribution in [0.15, 0.2) is 36.0 Å². The molecule has 0 bridgehead atoms. The number of benzene rings is 1. The Morgan fingerprint density at radius 2 is 1.95 bits per heavy atom. The van der Waals surface area contributed by atoms with E-state index in [0.29, 0.717) is 5.56 Å². The molecule has 0 fully saturated rings. The van der Waals surface area contributed by atoms with Crippen LogP contribution in [0, 0.1) is 6.92 Å². The number of aryl methyl sites for hydroxylation is 1. The summed E-state index contributed by atoms with van der Waals surface area (Å²) in [6, 6.07) is 4.80. The first-order valence-electron chi connectivity index (χ1n) is 6.37. The van der Waals surface area contributed by atoms with Gasteiger partial charge in [-0.25, -0.2) is 19.7 Å². The van der Waals surface area contributed by atoms with E-state index in [1.54, 1.807) is 26.0 Å². The predicted molar refractivity (Wildman–Crippen MR) is 77.8 cm³/mol. The molecule has 1 N–H and O–H groups in total. The molecule has 0 unspecified atom stereocenters. The fourth-order valence-electron chi connectivity index (χ4n) is 1.73. The van der Waals surface area contributed by atoms with Gasteiger partial charge in [-0.2, -0.15) is 8.42 Å². The van der Waals surface area contributed by atoms with Crippen LogP contribution in [-0.2, 0) is 14.8 Å². The van der Waals surface area contributed by atoms with Crippen molar-refractivity contribution in [2.24, 2.45) is 0 Å². The largest absolute Gasteiger partial charge is 0.462 e. The van der Waals surface area contributed by atoms with E-state index < -0.39 is 21.1 Å². The van der Waals surface area contributed by atoms with Crippen LogP contribution >= 0.6 is 0 Å². The Bertz CT molecular complexity index is 778. The first-order chi connectivity index (χ1) is 10.5. The SMILES string of the molecule is CCOC(=O)c1cccc(C)c1NS(=O)(=O)c1ncncn1. The number of nitrogens with zero attached hydrogens (tertiary/aromatic N) is 3. The number of hydrogen-bond acceptors (Lipinski definition) is 7. The number of sulfonamides is 1. The lowest BCUT2D eigenvalue weighted by Crippen LogP contribution is -2.19. The van der Waals surface area contributed by atoms with Crippen molar-refractivity contribution in [3.05, 3.63) is 42.0 Å². The second kappa shape index (κ2) is 6.48. The van der Waals surface area contributed by atoms with Crippen LogP contribution in [0.3, 0.4) is 0 Å². The Morgan fingerprint density at radius 3 is 2.59 bits per heavy atom. The second-order valence-corrected chi connectivity index (χ2v) is 5.82. The summed E-state index contributed by atoms with van der Waals surface area (Å²) < 4.78 is 31.8. The zero-order chi connectivity index (χ0) is 16.2. The van der Waals surface area contributed by atoms with Gasteiger partial charge in [0.2, 0.25) is 0 Å². The molecule has 1 aromatic heterocycles. The zero-order valence-corrected chi connectivity index (χ0v) is 12.8. The van der Waals surface area contributed by atoms with Crippen LogP contribution in [0.1, 0.15) is 22.8 Å². The van der Waals surface area contributed by atoms with E-state index >= 15 is 0 Å². The standard InChI is InChI=1S/C13H14N4O4S/c1-3-21-12(18)10-6-4-5-9(2)11(10)17-22(19,20)13-15-7-14-8-16-13/h4-8,17H,3H2,1-2H3. The van der Waals surface area contributed by atoms with Crippen molar-refractivity contribution in [1.29, 1.82) is 0 Å². The second-order valence-electron chi connectivity index (χ2n) is 4.24. The Hall–Kier alpha value is -2.55. The van der Waals surface area contributed by atoms with E-state index in [1.807, 2.05) is 0 Å². The summed E-state index contributed by atoms with van der Waals surface area (Å²) in [6.07, 6.45) is 2.15. The van der Waals surface area contributed by atoms with Crippen LogP contribution in [0.4, 0.5) is 5.69 Å². The van der Waals surface area contributed by atoms with E-state index in [1.165, 1.54) is 6.07 Å². The van der Waals surface area contributed by atoms with E-state index in [-0.39, 0.29) is 17.9 Å². The molecular formula is C13H14N4O4S. The number of aromatic nitrogens is 3. The molecule has 0 amide bonds. The van der Waals surface area contributed by atoms with Crippen molar-refractivity contribution in [3.8, 4) is 0 Å². The Balaban J connectivity index is 2.43. The number of carbonyl (C=O) groups is 1. The molecule has 0 spiro atoms. The molecule has 9 heteroatoms. The minimum absolute atomic E-state index is 0.125. The predicted octanol–water partition coefficient (Wildman–Crippen LogP) is 1.16. The number of carbonyl (C=O) groups excluding carboxylic acids is 1. The highest BCUT2D eigenvalue weighted by atomic mass is 32.2. The number of para-hydroxylation sites is 1. The molecule has 2 rings (SSSR count). The third kappa shape index (κ3) is 3.37. The summed E-state index contributed by atoms with van der Waals surface area (Å²) in [7, 11) is -4.03. The average Bonchev–Trinajstić information content (AvgIpc) is 2.50. The Morgan fingerprint density at radius 1 is 1.27 bits per heavy atom. The minimum atomic E-state index is -4.03. The summed E-state index contributed by atoms with van der Waals surface area (Å²) in [5.41, 5.74) is 0.837. The molecule has 0 radical (unpaired) electrons. The van der Waals surface area contributed by atoms with E-state index in [0.717, 1.165) is 12.7 Å². The molecule has 22 heavy (non-hydrogen) atoms.